The minimum absolute atomic E-state index is 0.0905. The number of amides is 1. The zero-order valence-corrected chi connectivity index (χ0v) is 20.7. The fourth-order valence-corrected chi connectivity index (χ4v) is 5.54. The Hall–Kier alpha value is -3.36. The van der Waals surface area contributed by atoms with Crippen LogP contribution in [0, 0.1) is 0 Å². The van der Waals surface area contributed by atoms with Crippen LogP contribution < -0.4 is 14.5 Å². The molecule has 1 amide bonds. The molecule has 35 heavy (non-hydrogen) atoms. The molecule has 0 aromatic heterocycles. The van der Waals surface area contributed by atoms with Gasteiger partial charge in [0.2, 0.25) is 0 Å². The van der Waals surface area contributed by atoms with E-state index in [9.17, 15) is 13.2 Å². The van der Waals surface area contributed by atoms with Gasteiger partial charge in [0.25, 0.3) is 15.9 Å². The minimum Gasteiger partial charge on any atom is -0.378 e. The summed E-state index contributed by atoms with van der Waals surface area (Å²) in [6.45, 7) is 5.48. The number of nitrogens with zero attached hydrogens (tertiary/aromatic N) is 2. The van der Waals surface area contributed by atoms with Crippen molar-refractivity contribution in [2.45, 2.75) is 24.7 Å². The summed E-state index contributed by atoms with van der Waals surface area (Å²) in [5.74, 6) is -0.360. The molecule has 0 saturated carbocycles. The predicted octanol–water partition coefficient (Wildman–Crippen LogP) is 4.77. The van der Waals surface area contributed by atoms with Gasteiger partial charge in [0, 0.05) is 36.6 Å². The molecule has 1 heterocycles. The van der Waals surface area contributed by atoms with Crippen LogP contribution in [0.25, 0.3) is 0 Å². The Morgan fingerprint density at radius 2 is 1.69 bits per heavy atom. The summed E-state index contributed by atoms with van der Waals surface area (Å²) in [4.78, 5) is 15.3. The van der Waals surface area contributed by atoms with Gasteiger partial charge in [0.1, 0.15) is 0 Å². The summed E-state index contributed by atoms with van der Waals surface area (Å²) in [7, 11) is -3.84. The van der Waals surface area contributed by atoms with Crippen LogP contribution >= 0.6 is 0 Å². The molecule has 0 radical (unpaired) electrons. The number of benzene rings is 3. The normalized spacial score (nSPS) is 13.9. The van der Waals surface area contributed by atoms with Gasteiger partial charge in [-0.25, -0.2) is 8.42 Å². The lowest BCUT2D eigenvalue weighted by atomic mass is 10.2. The fraction of sp³-hybridized carbons (Fsp3) is 0.296. The Kier molecular flexibility index (Phi) is 8.05. The molecule has 1 aliphatic rings. The molecule has 3 aromatic carbocycles. The molecular formula is C27H31N3O4S. The zero-order chi connectivity index (χ0) is 24.7. The van der Waals surface area contributed by atoms with E-state index >= 15 is 0 Å². The summed E-state index contributed by atoms with van der Waals surface area (Å²) in [6, 6.07) is 22.9. The van der Waals surface area contributed by atoms with Gasteiger partial charge in [-0.1, -0.05) is 37.6 Å². The highest BCUT2D eigenvalue weighted by Gasteiger charge is 2.25. The maximum absolute atomic E-state index is 13.5. The van der Waals surface area contributed by atoms with Crippen molar-refractivity contribution in [1.82, 2.24) is 0 Å². The Labute approximate surface area is 207 Å². The van der Waals surface area contributed by atoms with Gasteiger partial charge in [-0.2, -0.15) is 0 Å². The molecule has 1 N–H and O–H groups in total. The van der Waals surface area contributed by atoms with Crippen molar-refractivity contribution in [1.29, 1.82) is 0 Å². The van der Waals surface area contributed by atoms with Crippen molar-refractivity contribution in [2.75, 3.05) is 47.4 Å². The van der Waals surface area contributed by atoms with E-state index in [-0.39, 0.29) is 16.4 Å². The highest BCUT2D eigenvalue weighted by atomic mass is 32.2. The topological polar surface area (TPSA) is 79.0 Å². The highest BCUT2D eigenvalue weighted by molar-refractivity contribution is 7.92. The maximum atomic E-state index is 13.5. The van der Waals surface area contributed by atoms with Gasteiger partial charge >= 0.3 is 0 Å². The molecule has 0 atom stereocenters. The molecule has 0 aliphatic carbocycles. The monoisotopic (exact) mass is 493 g/mol. The second-order valence-electron chi connectivity index (χ2n) is 8.39. The number of unbranched alkanes of at least 4 members (excludes halogenated alkanes) is 1. The molecule has 184 valence electrons. The Morgan fingerprint density at radius 3 is 2.37 bits per heavy atom. The van der Waals surface area contributed by atoms with Crippen molar-refractivity contribution in [3.05, 3.63) is 84.4 Å². The third-order valence-electron chi connectivity index (χ3n) is 5.94. The zero-order valence-electron chi connectivity index (χ0n) is 19.9. The number of hydrogen-bond acceptors (Lipinski definition) is 5. The molecule has 1 aliphatic heterocycles. The van der Waals surface area contributed by atoms with Crippen molar-refractivity contribution in [2.24, 2.45) is 0 Å². The predicted molar refractivity (Wildman–Crippen MR) is 140 cm³/mol. The Morgan fingerprint density at radius 1 is 0.971 bits per heavy atom. The quantitative estimate of drug-likeness (QED) is 0.465. The number of carbonyl (C=O) groups excluding carboxylic acids is 1. The third kappa shape index (κ3) is 6.01. The molecule has 3 aromatic rings. The summed E-state index contributed by atoms with van der Waals surface area (Å²) >= 11 is 0. The lowest BCUT2D eigenvalue weighted by molar-refractivity contribution is 0.102. The fourth-order valence-electron chi connectivity index (χ4n) is 3.99. The van der Waals surface area contributed by atoms with E-state index in [0.29, 0.717) is 31.1 Å². The van der Waals surface area contributed by atoms with E-state index in [1.54, 1.807) is 24.3 Å². The molecule has 8 heteroatoms. The van der Waals surface area contributed by atoms with Crippen LogP contribution in [0.3, 0.4) is 0 Å². The smallest absolute Gasteiger partial charge is 0.264 e. The van der Waals surface area contributed by atoms with E-state index < -0.39 is 10.0 Å². The second kappa shape index (κ2) is 11.4. The molecule has 0 unspecified atom stereocenters. The number of para-hydroxylation sites is 1. The van der Waals surface area contributed by atoms with Gasteiger partial charge in [0.05, 0.1) is 23.8 Å². The van der Waals surface area contributed by atoms with Gasteiger partial charge in [-0.05, 0) is 61.0 Å². The molecule has 1 saturated heterocycles. The third-order valence-corrected chi connectivity index (χ3v) is 7.77. The SMILES string of the molecule is CCCCN(c1ccccc1)S(=O)(=O)c1cccc(C(=O)Nc2ccc(N3CCOCC3)cc2)c1. The van der Waals surface area contributed by atoms with E-state index in [0.717, 1.165) is 31.6 Å². The first-order valence-corrected chi connectivity index (χ1v) is 13.3. The van der Waals surface area contributed by atoms with E-state index in [4.69, 9.17) is 4.74 Å². The lowest BCUT2D eigenvalue weighted by Crippen LogP contribution is -2.36. The number of rotatable bonds is 9. The van der Waals surface area contributed by atoms with E-state index in [1.165, 1.54) is 16.4 Å². The van der Waals surface area contributed by atoms with Crippen LogP contribution in [0.4, 0.5) is 17.1 Å². The Bertz CT molecular complexity index is 1220. The Balaban J connectivity index is 1.51. The summed E-state index contributed by atoms with van der Waals surface area (Å²) in [5.41, 5.74) is 2.62. The number of morpholine rings is 1. The van der Waals surface area contributed by atoms with Crippen LogP contribution in [0.5, 0.6) is 0 Å². The number of ether oxygens (including phenoxy) is 1. The summed E-state index contributed by atoms with van der Waals surface area (Å²) < 4.78 is 33.9. The van der Waals surface area contributed by atoms with Crippen LogP contribution in [-0.2, 0) is 14.8 Å². The van der Waals surface area contributed by atoms with Crippen molar-refractivity contribution in [3.63, 3.8) is 0 Å². The number of nitrogens with one attached hydrogen (secondary N) is 1. The highest BCUT2D eigenvalue weighted by Crippen LogP contribution is 2.25. The van der Waals surface area contributed by atoms with E-state index in [1.807, 2.05) is 49.4 Å². The minimum atomic E-state index is -3.84. The maximum Gasteiger partial charge on any atom is 0.264 e. The molecular weight excluding hydrogens is 462 g/mol. The molecule has 0 bridgehead atoms. The van der Waals surface area contributed by atoms with E-state index in [2.05, 4.69) is 10.2 Å². The number of anilines is 3. The molecule has 0 spiro atoms. The van der Waals surface area contributed by atoms with Gasteiger partial charge in [-0.3, -0.25) is 9.10 Å². The first-order chi connectivity index (χ1) is 17.0. The standard InChI is InChI=1S/C27H31N3O4S/c1-2-3-16-30(25-9-5-4-6-10-25)35(32,33)26-11-7-8-22(21-26)27(31)28-23-12-14-24(15-13-23)29-17-19-34-20-18-29/h4-15,21H,2-3,16-20H2,1H3,(H,28,31). The van der Waals surface area contributed by atoms with Gasteiger partial charge in [-0.15, -0.1) is 0 Å². The average molecular weight is 494 g/mol. The van der Waals surface area contributed by atoms with Crippen LogP contribution in [0.2, 0.25) is 0 Å². The molecule has 4 rings (SSSR count). The first-order valence-electron chi connectivity index (χ1n) is 11.9. The number of sulfonamides is 1. The van der Waals surface area contributed by atoms with Crippen LogP contribution in [0.1, 0.15) is 30.1 Å². The summed E-state index contributed by atoms with van der Waals surface area (Å²) in [5, 5.41) is 2.87. The average Bonchev–Trinajstić information content (AvgIpc) is 2.90. The van der Waals surface area contributed by atoms with Crippen LogP contribution in [0.15, 0.2) is 83.8 Å². The first kappa shape index (κ1) is 24.8. The van der Waals surface area contributed by atoms with Crippen molar-refractivity contribution in [3.8, 4) is 0 Å². The molecule has 1 fully saturated rings. The van der Waals surface area contributed by atoms with Gasteiger partial charge in [0.15, 0.2) is 0 Å². The number of carbonyl (C=O) groups is 1. The second-order valence-corrected chi connectivity index (χ2v) is 10.3. The number of hydrogen-bond donors (Lipinski definition) is 1. The largest absolute Gasteiger partial charge is 0.378 e. The van der Waals surface area contributed by atoms with Gasteiger partial charge < -0.3 is 15.0 Å². The van der Waals surface area contributed by atoms with Crippen molar-refractivity contribution < 1.29 is 17.9 Å². The van der Waals surface area contributed by atoms with Crippen LogP contribution in [-0.4, -0.2) is 47.2 Å². The lowest BCUT2D eigenvalue weighted by Gasteiger charge is -2.28. The summed E-state index contributed by atoms with van der Waals surface area (Å²) in [6.07, 6.45) is 1.60. The molecule has 7 nitrogen and oxygen atoms in total. The van der Waals surface area contributed by atoms with Crippen molar-refractivity contribution >= 4 is 33.0 Å².